The van der Waals surface area contributed by atoms with Gasteiger partial charge in [0, 0.05) is 35.4 Å². The maximum Gasteiger partial charge on any atom is 0.254 e. The van der Waals surface area contributed by atoms with Crippen molar-refractivity contribution in [3.05, 3.63) is 53.1 Å². The summed E-state index contributed by atoms with van der Waals surface area (Å²) in [5, 5.41) is 0.563. The van der Waals surface area contributed by atoms with E-state index in [9.17, 15) is 14.4 Å². The fraction of sp³-hybridized carbons (Fsp3) is 0.375. The van der Waals surface area contributed by atoms with Gasteiger partial charge in [-0.1, -0.05) is 11.6 Å². The zero-order valence-corrected chi connectivity index (χ0v) is 20.5. The van der Waals surface area contributed by atoms with Gasteiger partial charge in [-0.2, -0.15) is 0 Å². The van der Waals surface area contributed by atoms with E-state index < -0.39 is 0 Å². The van der Waals surface area contributed by atoms with Gasteiger partial charge < -0.3 is 24.2 Å². The van der Waals surface area contributed by atoms with Gasteiger partial charge in [-0.15, -0.1) is 0 Å². The molecule has 1 saturated heterocycles. The maximum atomic E-state index is 13.4. The first-order chi connectivity index (χ1) is 16.2. The monoisotopic (exact) mass is 488 g/mol. The Morgan fingerprint density at radius 1 is 1.00 bits per heavy atom. The molecule has 0 bridgehead atoms. The van der Waals surface area contributed by atoms with Crippen molar-refractivity contribution in [1.82, 2.24) is 14.7 Å². The minimum absolute atomic E-state index is 0.0514. The molecule has 3 amide bonds. The van der Waals surface area contributed by atoms with Gasteiger partial charge in [0.1, 0.15) is 31.3 Å². The molecule has 0 N–H and O–H groups in total. The molecule has 0 radical (unpaired) electrons. The highest BCUT2D eigenvalue weighted by Crippen LogP contribution is 2.24. The van der Waals surface area contributed by atoms with E-state index in [0.29, 0.717) is 40.9 Å². The van der Waals surface area contributed by atoms with Crippen LogP contribution in [0, 0.1) is 0 Å². The molecule has 1 heterocycles. The molecule has 9 nitrogen and oxygen atoms in total. The van der Waals surface area contributed by atoms with Crippen molar-refractivity contribution in [2.24, 2.45) is 0 Å². The number of carbonyl (C=O) groups excluding carboxylic acids is 3. The van der Waals surface area contributed by atoms with Gasteiger partial charge in [-0.25, -0.2) is 0 Å². The van der Waals surface area contributed by atoms with Crippen LogP contribution < -0.4 is 14.4 Å². The first kappa shape index (κ1) is 25.3. The van der Waals surface area contributed by atoms with Crippen LogP contribution in [0.15, 0.2) is 42.5 Å². The van der Waals surface area contributed by atoms with E-state index in [1.165, 1.54) is 28.9 Å². The number of amides is 3. The lowest BCUT2D eigenvalue weighted by atomic mass is 10.1. The second-order valence-electron chi connectivity index (χ2n) is 8.16. The summed E-state index contributed by atoms with van der Waals surface area (Å²) in [4.78, 5) is 45.4. The van der Waals surface area contributed by atoms with Crippen LogP contribution in [0.3, 0.4) is 0 Å². The summed E-state index contributed by atoms with van der Waals surface area (Å²) >= 11 is 5.94. The minimum atomic E-state index is -0.326. The lowest BCUT2D eigenvalue weighted by Gasteiger charge is -2.26. The average molecular weight is 489 g/mol. The second-order valence-corrected chi connectivity index (χ2v) is 8.60. The molecular formula is C24H29ClN4O5. The Morgan fingerprint density at radius 2 is 1.62 bits per heavy atom. The Bertz CT molecular complexity index is 1020. The summed E-state index contributed by atoms with van der Waals surface area (Å²) in [6, 6.07) is 11.7. The predicted molar refractivity (Wildman–Crippen MR) is 130 cm³/mol. The zero-order valence-electron chi connectivity index (χ0n) is 19.8. The van der Waals surface area contributed by atoms with Crippen molar-refractivity contribution in [2.75, 3.05) is 66.1 Å². The van der Waals surface area contributed by atoms with Gasteiger partial charge in [0.15, 0.2) is 0 Å². The highest BCUT2D eigenvalue weighted by molar-refractivity contribution is 6.30. The van der Waals surface area contributed by atoms with Crippen molar-refractivity contribution in [3.8, 4) is 11.5 Å². The number of hydrogen-bond acceptors (Lipinski definition) is 6. The van der Waals surface area contributed by atoms with E-state index >= 15 is 0 Å². The van der Waals surface area contributed by atoms with Crippen LogP contribution in [-0.2, 0) is 9.59 Å². The molecule has 1 aliphatic heterocycles. The smallest absolute Gasteiger partial charge is 0.254 e. The number of rotatable bonds is 9. The van der Waals surface area contributed by atoms with E-state index in [1.54, 1.807) is 42.5 Å². The molecule has 2 aromatic carbocycles. The van der Waals surface area contributed by atoms with Crippen molar-refractivity contribution >= 4 is 35.0 Å². The molecule has 0 spiro atoms. The Hall–Kier alpha value is -3.30. The van der Waals surface area contributed by atoms with Crippen LogP contribution in [0.5, 0.6) is 11.5 Å². The standard InChI is InChI=1S/C24H29ClN4O5/c1-26(2)9-10-27(24(32)17-11-20(33-3)13-21(12-17)34-4)14-22(30)28-15-23(31)29(16-28)19-7-5-18(25)6-8-19/h5-8,11-13H,9-10,14-16H2,1-4H3. The highest BCUT2D eigenvalue weighted by Gasteiger charge is 2.33. The number of halogens is 1. The zero-order chi connectivity index (χ0) is 24.8. The van der Waals surface area contributed by atoms with Crippen molar-refractivity contribution in [3.63, 3.8) is 0 Å². The van der Waals surface area contributed by atoms with Crippen LogP contribution in [0.25, 0.3) is 0 Å². The molecule has 34 heavy (non-hydrogen) atoms. The number of carbonyl (C=O) groups is 3. The topological polar surface area (TPSA) is 82.6 Å². The molecule has 2 aromatic rings. The van der Waals surface area contributed by atoms with Gasteiger partial charge in [0.2, 0.25) is 11.8 Å². The molecule has 3 rings (SSSR count). The van der Waals surface area contributed by atoms with Crippen LogP contribution in [0.4, 0.5) is 5.69 Å². The summed E-state index contributed by atoms with van der Waals surface area (Å²) in [5.74, 6) is 0.120. The molecule has 0 saturated carbocycles. The largest absolute Gasteiger partial charge is 0.497 e. The number of likely N-dealkylation sites (N-methyl/N-ethyl adjacent to an activating group) is 1. The van der Waals surface area contributed by atoms with E-state index in [0.717, 1.165) is 0 Å². The number of hydrogen-bond donors (Lipinski definition) is 0. The van der Waals surface area contributed by atoms with Gasteiger partial charge in [0.25, 0.3) is 5.91 Å². The van der Waals surface area contributed by atoms with E-state index in [4.69, 9.17) is 21.1 Å². The van der Waals surface area contributed by atoms with E-state index in [2.05, 4.69) is 0 Å². The lowest BCUT2D eigenvalue weighted by molar-refractivity contribution is -0.132. The molecule has 0 unspecified atom stereocenters. The molecule has 10 heteroatoms. The Kier molecular flexibility index (Phi) is 8.36. The Balaban J connectivity index is 1.76. The summed E-state index contributed by atoms with van der Waals surface area (Å²) in [6.07, 6.45) is 0. The molecule has 182 valence electrons. The summed E-state index contributed by atoms with van der Waals surface area (Å²) in [5.41, 5.74) is 1.01. The van der Waals surface area contributed by atoms with Gasteiger partial charge in [-0.05, 0) is 50.5 Å². The first-order valence-corrected chi connectivity index (χ1v) is 11.1. The number of benzene rings is 2. The first-order valence-electron chi connectivity index (χ1n) is 10.7. The lowest BCUT2D eigenvalue weighted by Crippen LogP contribution is -2.45. The summed E-state index contributed by atoms with van der Waals surface area (Å²) in [7, 11) is 6.80. The Morgan fingerprint density at radius 3 is 2.18 bits per heavy atom. The normalized spacial score (nSPS) is 13.4. The quantitative estimate of drug-likeness (QED) is 0.538. The summed E-state index contributed by atoms with van der Waals surface area (Å²) in [6.45, 7) is 0.801. The predicted octanol–water partition coefficient (Wildman–Crippen LogP) is 2.19. The van der Waals surface area contributed by atoms with Crippen LogP contribution >= 0.6 is 11.6 Å². The van der Waals surface area contributed by atoms with Crippen LogP contribution in [0.2, 0.25) is 5.02 Å². The molecular weight excluding hydrogens is 460 g/mol. The molecule has 0 atom stereocenters. The third-order valence-electron chi connectivity index (χ3n) is 5.46. The number of methoxy groups -OCH3 is 2. The van der Waals surface area contributed by atoms with Crippen LogP contribution in [0.1, 0.15) is 10.4 Å². The van der Waals surface area contributed by atoms with Crippen molar-refractivity contribution in [2.45, 2.75) is 0 Å². The van der Waals surface area contributed by atoms with Crippen molar-refractivity contribution in [1.29, 1.82) is 0 Å². The van der Waals surface area contributed by atoms with Crippen molar-refractivity contribution < 1.29 is 23.9 Å². The Labute approximate surface area is 204 Å². The van der Waals surface area contributed by atoms with Gasteiger partial charge in [0.05, 0.1) is 14.2 Å². The number of ether oxygens (including phenoxy) is 2. The van der Waals surface area contributed by atoms with E-state index in [-0.39, 0.29) is 37.5 Å². The molecule has 1 aliphatic rings. The fourth-order valence-corrected chi connectivity index (χ4v) is 3.64. The number of nitrogens with zero attached hydrogens (tertiary/aromatic N) is 4. The molecule has 1 fully saturated rings. The fourth-order valence-electron chi connectivity index (χ4n) is 3.51. The second kappa shape index (κ2) is 11.2. The van der Waals surface area contributed by atoms with E-state index in [1.807, 2.05) is 19.0 Å². The van der Waals surface area contributed by atoms with Gasteiger partial charge in [-0.3, -0.25) is 19.3 Å². The third kappa shape index (κ3) is 6.18. The highest BCUT2D eigenvalue weighted by atomic mass is 35.5. The maximum absolute atomic E-state index is 13.4. The van der Waals surface area contributed by atoms with Crippen LogP contribution in [-0.4, -0.2) is 93.6 Å². The number of anilines is 1. The minimum Gasteiger partial charge on any atom is -0.497 e. The molecule has 0 aliphatic carbocycles. The average Bonchev–Trinajstić information content (AvgIpc) is 3.22. The SMILES string of the molecule is COc1cc(OC)cc(C(=O)N(CCN(C)C)CC(=O)N2CC(=O)N(c3ccc(Cl)cc3)C2)c1. The third-order valence-corrected chi connectivity index (χ3v) is 5.71. The molecule has 0 aromatic heterocycles. The summed E-state index contributed by atoms with van der Waals surface area (Å²) < 4.78 is 10.6. The van der Waals surface area contributed by atoms with Gasteiger partial charge >= 0.3 is 0 Å².